The van der Waals surface area contributed by atoms with Gasteiger partial charge in [0.15, 0.2) is 0 Å². The summed E-state index contributed by atoms with van der Waals surface area (Å²) in [6.07, 6.45) is -0.456. The zero-order valence-corrected chi connectivity index (χ0v) is 14.2. The van der Waals surface area contributed by atoms with Crippen molar-refractivity contribution < 1.29 is 14.3 Å². The monoisotopic (exact) mass is 394 g/mol. The zero-order valence-electron chi connectivity index (χ0n) is 11.2. The predicted octanol–water partition coefficient (Wildman–Crippen LogP) is 3.63. The van der Waals surface area contributed by atoms with Gasteiger partial charge in [-0.1, -0.05) is 0 Å². The van der Waals surface area contributed by atoms with Gasteiger partial charge in [-0.3, -0.25) is 0 Å². The van der Waals surface area contributed by atoms with E-state index in [0.29, 0.717) is 6.61 Å². The summed E-state index contributed by atoms with van der Waals surface area (Å²) in [5.41, 5.74) is 0.238. The highest BCUT2D eigenvalue weighted by molar-refractivity contribution is 14.1. The smallest absolute Gasteiger partial charge is 0.435 e. The highest BCUT2D eigenvalue weighted by atomic mass is 127. The first kappa shape index (κ1) is 14.7. The third-order valence-electron chi connectivity index (χ3n) is 2.22. The Bertz CT molecular complexity index is 612. The van der Waals surface area contributed by atoms with Crippen molar-refractivity contribution in [2.45, 2.75) is 33.0 Å². The van der Waals surface area contributed by atoms with Crippen LogP contribution >= 0.6 is 33.9 Å². The standard InChI is InChI=1S/C12H15IN2O3S/c1-12(2,3)18-11(16)15-8-5-7(6-17-4)19-9(8)10(13)14-15/h5H,6H2,1-4H3. The number of carbonyl (C=O) groups is 1. The van der Waals surface area contributed by atoms with E-state index in [1.807, 2.05) is 26.8 Å². The molecule has 0 aliphatic rings. The van der Waals surface area contributed by atoms with E-state index in [9.17, 15) is 4.79 Å². The Morgan fingerprint density at radius 1 is 1.53 bits per heavy atom. The summed E-state index contributed by atoms with van der Waals surface area (Å²) in [7, 11) is 1.65. The van der Waals surface area contributed by atoms with Gasteiger partial charge in [-0.2, -0.15) is 9.78 Å². The number of thiophene rings is 1. The average Bonchev–Trinajstić information content (AvgIpc) is 2.78. The molecule has 2 aromatic heterocycles. The van der Waals surface area contributed by atoms with E-state index in [0.717, 1.165) is 18.8 Å². The minimum Gasteiger partial charge on any atom is -0.442 e. The summed E-state index contributed by atoms with van der Waals surface area (Å²) in [5.74, 6) is 0. The molecule has 0 bridgehead atoms. The number of nitrogens with zero attached hydrogens (tertiary/aromatic N) is 2. The maximum absolute atomic E-state index is 12.1. The van der Waals surface area contributed by atoms with Gasteiger partial charge < -0.3 is 9.47 Å². The number of halogens is 1. The van der Waals surface area contributed by atoms with Gasteiger partial charge in [0, 0.05) is 12.0 Å². The molecule has 0 N–H and O–H groups in total. The number of hydrogen-bond acceptors (Lipinski definition) is 5. The van der Waals surface area contributed by atoms with Crippen molar-refractivity contribution in [3.8, 4) is 0 Å². The molecule has 7 heteroatoms. The first-order chi connectivity index (χ1) is 8.81. The van der Waals surface area contributed by atoms with E-state index in [4.69, 9.17) is 9.47 Å². The number of ether oxygens (including phenoxy) is 2. The van der Waals surface area contributed by atoms with Gasteiger partial charge in [0.25, 0.3) is 0 Å². The molecular weight excluding hydrogens is 379 g/mol. The van der Waals surface area contributed by atoms with Crippen molar-refractivity contribution in [2.75, 3.05) is 7.11 Å². The van der Waals surface area contributed by atoms with Crippen LogP contribution in [-0.2, 0) is 16.1 Å². The molecule has 2 rings (SSSR count). The molecule has 0 aromatic carbocycles. The van der Waals surface area contributed by atoms with Crippen LogP contribution in [0.2, 0.25) is 0 Å². The molecule has 0 atom stereocenters. The fraction of sp³-hybridized carbons (Fsp3) is 0.500. The second-order valence-electron chi connectivity index (χ2n) is 5.04. The predicted molar refractivity (Wildman–Crippen MR) is 82.7 cm³/mol. The minimum atomic E-state index is -0.536. The van der Waals surface area contributed by atoms with Crippen LogP contribution in [0.15, 0.2) is 6.07 Å². The zero-order chi connectivity index (χ0) is 14.2. The van der Waals surface area contributed by atoms with Crippen LogP contribution in [0.4, 0.5) is 4.79 Å². The fourth-order valence-corrected chi connectivity index (χ4v) is 3.39. The Labute approximate surface area is 129 Å². The summed E-state index contributed by atoms with van der Waals surface area (Å²) in [4.78, 5) is 13.2. The largest absolute Gasteiger partial charge is 0.442 e. The number of carbonyl (C=O) groups excluding carboxylic acids is 1. The molecule has 19 heavy (non-hydrogen) atoms. The summed E-state index contributed by atoms with van der Waals surface area (Å²) in [6, 6.07) is 1.92. The van der Waals surface area contributed by atoms with Crippen molar-refractivity contribution in [2.24, 2.45) is 0 Å². The summed E-state index contributed by atoms with van der Waals surface area (Å²) in [5, 5.41) is 4.23. The highest BCUT2D eigenvalue weighted by Gasteiger charge is 2.22. The molecule has 104 valence electrons. The molecule has 0 fully saturated rings. The molecule has 5 nitrogen and oxygen atoms in total. The van der Waals surface area contributed by atoms with E-state index in [-0.39, 0.29) is 0 Å². The second kappa shape index (κ2) is 5.37. The SMILES string of the molecule is COCc1cc2c(s1)c(I)nn2C(=O)OC(C)(C)C. The molecule has 0 aliphatic carbocycles. The van der Waals surface area contributed by atoms with Gasteiger partial charge in [-0.15, -0.1) is 11.3 Å². The molecule has 0 amide bonds. The van der Waals surface area contributed by atoms with Crippen molar-refractivity contribution in [3.05, 3.63) is 14.6 Å². The number of aromatic nitrogens is 2. The molecule has 0 spiro atoms. The quantitative estimate of drug-likeness (QED) is 0.730. The van der Waals surface area contributed by atoms with Gasteiger partial charge in [0.2, 0.25) is 0 Å². The second-order valence-corrected chi connectivity index (χ2v) is 7.20. The fourth-order valence-electron chi connectivity index (χ4n) is 1.58. The van der Waals surface area contributed by atoms with E-state index in [1.165, 1.54) is 4.68 Å². The molecule has 0 saturated heterocycles. The van der Waals surface area contributed by atoms with E-state index in [2.05, 4.69) is 27.7 Å². The van der Waals surface area contributed by atoms with Gasteiger partial charge in [-0.25, -0.2) is 4.79 Å². The number of methoxy groups -OCH3 is 1. The van der Waals surface area contributed by atoms with E-state index >= 15 is 0 Å². The molecule has 0 unspecified atom stereocenters. The first-order valence-corrected chi connectivity index (χ1v) is 7.60. The highest BCUT2D eigenvalue weighted by Crippen LogP contribution is 2.30. The van der Waals surface area contributed by atoms with Crippen LogP contribution < -0.4 is 0 Å². The lowest BCUT2D eigenvalue weighted by atomic mass is 10.2. The van der Waals surface area contributed by atoms with Crippen molar-refractivity contribution in [3.63, 3.8) is 0 Å². The third kappa shape index (κ3) is 3.26. The Kier molecular flexibility index (Phi) is 4.17. The number of rotatable bonds is 2. The maximum atomic E-state index is 12.1. The lowest BCUT2D eigenvalue weighted by Crippen LogP contribution is -2.27. The third-order valence-corrected chi connectivity index (χ3v) is 4.45. The molecule has 0 radical (unpaired) electrons. The number of hydrogen-bond donors (Lipinski definition) is 0. The van der Waals surface area contributed by atoms with Crippen molar-refractivity contribution in [1.82, 2.24) is 9.78 Å². The molecule has 2 heterocycles. The topological polar surface area (TPSA) is 53.4 Å². The lowest BCUT2D eigenvalue weighted by Gasteiger charge is -2.18. The summed E-state index contributed by atoms with van der Waals surface area (Å²) < 4.78 is 13.6. The first-order valence-electron chi connectivity index (χ1n) is 5.71. The molecule has 2 aromatic rings. The van der Waals surface area contributed by atoms with Crippen LogP contribution in [0.1, 0.15) is 25.6 Å². The van der Waals surface area contributed by atoms with Crippen LogP contribution in [0.3, 0.4) is 0 Å². The maximum Gasteiger partial charge on any atom is 0.435 e. The van der Waals surface area contributed by atoms with E-state index in [1.54, 1.807) is 18.4 Å². The van der Waals surface area contributed by atoms with Crippen LogP contribution in [0.25, 0.3) is 10.2 Å². The van der Waals surface area contributed by atoms with Gasteiger partial charge >= 0.3 is 6.09 Å². The van der Waals surface area contributed by atoms with Crippen LogP contribution in [0.5, 0.6) is 0 Å². The van der Waals surface area contributed by atoms with Gasteiger partial charge in [-0.05, 0) is 49.4 Å². The average molecular weight is 394 g/mol. The lowest BCUT2D eigenvalue weighted by molar-refractivity contribution is 0.0522. The number of fused-ring (bicyclic) bond motifs is 1. The summed E-state index contributed by atoms with van der Waals surface area (Å²) >= 11 is 3.70. The molecular formula is C12H15IN2O3S. The Hall–Kier alpha value is -0.670. The van der Waals surface area contributed by atoms with Gasteiger partial charge in [0.05, 0.1) is 16.8 Å². The van der Waals surface area contributed by atoms with Crippen molar-refractivity contribution in [1.29, 1.82) is 0 Å². The van der Waals surface area contributed by atoms with Crippen LogP contribution in [-0.4, -0.2) is 28.6 Å². The molecule has 0 aliphatic heterocycles. The van der Waals surface area contributed by atoms with Gasteiger partial charge in [0.1, 0.15) is 9.30 Å². The Morgan fingerprint density at radius 2 is 2.21 bits per heavy atom. The normalized spacial score (nSPS) is 12.1. The van der Waals surface area contributed by atoms with Crippen LogP contribution in [0, 0.1) is 3.70 Å². The Morgan fingerprint density at radius 3 is 2.79 bits per heavy atom. The van der Waals surface area contributed by atoms with E-state index < -0.39 is 11.7 Å². The van der Waals surface area contributed by atoms with Crippen molar-refractivity contribution >= 4 is 50.2 Å². The minimum absolute atomic E-state index is 0.456. The summed E-state index contributed by atoms with van der Waals surface area (Å²) in [6.45, 7) is 6.03. The Balaban J connectivity index is 2.40. The molecule has 0 saturated carbocycles.